The van der Waals surface area contributed by atoms with Crippen LogP contribution in [-0.2, 0) is 21.7 Å². The Bertz CT molecular complexity index is 1260. The third-order valence-electron chi connectivity index (χ3n) is 7.22. The van der Waals surface area contributed by atoms with Gasteiger partial charge in [0.25, 0.3) is 11.8 Å². The van der Waals surface area contributed by atoms with Crippen molar-refractivity contribution in [3.63, 3.8) is 0 Å². The van der Waals surface area contributed by atoms with Crippen LogP contribution in [0.5, 0.6) is 5.75 Å². The standard InChI is InChI=1S/C26H25F2N3O6/c27-25(28)37-17-4-1-15(2-5-17)14-30-11-9-26(36,10-12-30)16-3-6-18-19(13-16)24(35)31(23(18)34)20-7-8-21(32)29-22(20)33/h1-6,13,20,25,36H,7-12,14H2,(H,29,32,33). The van der Waals surface area contributed by atoms with Crippen molar-refractivity contribution in [3.8, 4) is 5.75 Å². The van der Waals surface area contributed by atoms with Gasteiger partial charge in [-0.3, -0.25) is 34.3 Å². The van der Waals surface area contributed by atoms with E-state index < -0.39 is 41.9 Å². The van der Waals surface area contributed by atoms with Gasteiger partial charge in [0, 0.05) is 26.1 Å². The number of rotatable bonds is 6. The molecule has 4 amide bonds. The minimum Gasteiger partial charge on any atom is -0.435 e. The van der Waals surface area contributed by atoms with Crippen LogP contribution in [0.2, 0.25) is 0 Å². The number of nitrogens with zero attached hydrogens (tertiary/aromatic N) is 2. The molecule has 0 bridgehead atoms. The molecular weight excluding hydrogens is 488 g/mol. The Morgan fingerprint density at radius 1 is 1.00 bits per heavy atom. The van der Waals surface area contributed by atoms with Gasteiger partial charge in [0.15, 0.2) is 0 Å². The average molecular weight is 513 g/mol. The maximum absolute atomic E-state index is 13.1. The summed E-state index contributed by atoms with van der Waals surface area (Å²) in [6.45, 7) is -1.20. The molecule has 0 spiro atoms. The van der Waals surface area contributed by atoms with E-state index in [1.165, 1.54) is 24.3 Å². The maximum Gasteiger partial charge on any atom is 0.387 e. The fraction of sp³-hybridized carbons (Fsp3) is 0.385. The lowest BCUT2D eigenvalue weighted by Crippen LogP contribution is -2.54. The molecule has 3 heterocycles. The van der Waals surface area contributed by atoms with Crippen molar-refractivity contribution in [2.45, 2.75) is 50.5 Å². The van der Waals surface area contributed by atoms with Crippen molar-refractivity contribution in [2.75, 3.05) is 13.1 Å². The zero-order valence-corrected chi connectivity index (χ0v) is 19.8. The Labute approximate surface area is 211 Å². The first-order valence-corrected chi connectivity index (χ1v) is 12.0. The third kappa shape index (κ3) is 4.84. The number of piperidine rings is 2. The number of likely N-dealkylation sites (tertiary alicyclic amines) is 1. The lowest BCUT2D eigenvalue weighted by molar-refractivity contribution is -0.136. The number of amides is 4. The van der Waals surface area contributed by atoms with E-state index in [0.29, 0.717) is 38.0 Å². The highest BCUT2D eigenvalue weighted by Gasteiger charge is 2.45. The van der Waals surface area contributed by atoms with Gasteiger partial charge < -0.3 is 9.84 Å². The first-order chi connectivity index (χ1) is 17.6. The van der Waals surface area contributed by atoms with Gasteiger partial charge in [-0.05, 0) is 54.7 Å². The fourth-order valence-electron chi connectivity index (χ4n) is 5.16. The number of hydrogen-bond acceptors (Lipinski definition) is 7. The molecule has 2 saturated heterocycles. The first kappa shape index (κ1) is 25.0. The van der Waals surface area contributed by atoms with Gasteiger partial charge in [0.2, 0.25) is 11.8 Å². The topological polar surface area (TPSA) is 116 Å². The smallest absolute Gasteiger partial charge is 0.387 e. The number of alkyl halides is 2. The monoisotopic (exact) mass is 513 g/mol. The third-order valence-corrected chi connectivity index (χ3v) is 7.22. The largest absolute Gasteiger partial charge is 0.435 e. The van der Waals surface area contributed by atoms with Crippen molar-refractivity contribution in [2.24, 2.45) is 0 Å². The molecule has 194 valence electrons. The molecule has 1 unspecified atom stereocenters. The van der Waals surface area contributed by atoms with Crippen LogP contribution >= 0.6 is 0 Å². The fourth-order valence-corrected chi connectivity index (χ4v) is 5.16. The first-order valence-electron chi connectivity index (χ1n) is 12.0. The van der Waals surface area contributed by atoms with E-state index >= 15 is 0 Å². The number of ether oxygens (including phenoxy) is 1. The highest BCUT2D eigenvalue weighted by molar-refractivity contribution is 6.23. The second-order valence-electron chi connectivity index (χ2n) is 9.54. The summed E-state index contributed by atoms with van der Waals surface area (Å²) in [4.78, 5) is 52.8. The SMILES string of the molecule is O=C1CCC(N2C(=O)c3ccc(C4(O)CCN(Cc5ccc(OC(F)F)cc5)CC4)cc3C2=O)C(=O)N1. The molecule has 1 atom stereocenters. The summed E-state index contributed by atoms with van der Waals surface area (Å²) in [6.07, 6.45) is 0.887. The number of fused-ring (bicyclic) bond motifs is 1. The van der Waals surface area contributed by atoms with E-state index in [4.69, 9.17) is 0 Å². The van der Waals surface area contributed by atoms with Crippen LogP contribution in [0.4, 0.5) is 8.78 Å². The summed E-state index contributed by atoms with van der Waals surface area (Å²) in [6, 6.07) is 10.0. The molecule has 0 aliphatic carbocycles. The lowest BCUT2D eigenvalue weighted by Gasteiger charge is -2.38. The van der Waals surface area contributed by atoms with E-state index in [2.05, 4.69) is 15.0 Å². The predicted molar refractivity (Wildman–Crippen MR) is 125 cm³/mol. The molecule has 37 heavy (non-hydrogen) atoms. The summed E-state index contributed by atoms with van der Waals surface area (Å²) < 4.78 is 29.0. The number of carbonyl (C=O) groups excluding carboxylic acids is 4. The van der Waals surface area contributed by atoms with Gasteiger partial charge in [0.05, 0.1) is 16.7 Å². The molecule has 0 aromatic heterocycles. The van der Waals surface area contributed by atoms with E-state index in [1.807, 2.05) is 0 Å². The minimum atomic E-state index is -2.88. The molecule has 0 radical (unpaired) electrons. The number of hydrogen-bond donors (Lipinski definition) is 2. The van der Waals surface area contributed by atoms with Gasteiger partial charge in [0.1, 0.15) is 11.8 Å². The van der Waals surface area contributed by atoms with Crippen molar-refractivity contribution in [1.29, 1.82) is 0 Å². The molecule has 2 aromatic carbocycles. The van der Waals surface area contributed by atoms with Crippen molar-refractivity contribution in [3.05, 3.63) is 64.7 Å². The average Bonchev–Trinajstić information content (AvgIpc) is 3.11. The number of imide groups is 2. The summed E-state index contributed by atoms with van der Waals surface area (Å²) in [5.74, 6) is -2.23. The zero-order chi connectivity index (χ0) is 26.3. The van der Waals surface area contributed by atoms with Crippen LogP contribution in [0, 0.1) is 0 Å². The van der Waals surface area contributed by atoms with E-state index in [1.54, 1.807) is 18.2 Å². The quantitative estimate of drug-likeness (QED) is 0.569. The van der Waals surface area contributed by atoms with Gasteiger partial charge in [-0.1, -0.05) is 18.2 Å². The molecule has 5 rings (SSSR count). The van der Waals surface area contributed by atoms with Gasteiger partial charge in [-0.2, -0.15) is 8.78 Å². The molecule has 9 nitrogen and oxygen atoms in total. The van der Waals surface area contributed by atoms with Gasteiger partial charge in [-0.15, -0.1) is 0 Å². The van der Waals surface area contributed by atoms with Crippen LogP contribution in [0.3, 0.4) is 0 Å². The predicted octanol–water partition coefficient (Wildman–Crippen LogP) is 2.17. The van der Waals surface area contributed by atoms with Gasteiger partial charge >= 0.3 is 6.61 Å². The van der Waals surface area contributed by atoms with E-state index in [-0.39, 0.29) is 29.7 Å². The Balaban J connectivity index is 1.25. The molecule has 11 heteroatoms. The second-order valence-corrected chi connectivity index (χ2v) is 9.54. The summed E-state index contributed by atoms with van der Waals surface area (Å²) in [7, 11) is 0. The number of benzene rings is 2. The van der Waals surface area contributed by atoms with E-state index in [0.717, 1.165) is 10.5 Å². The summed E-state index contributed by atoms with van der Waals surface area (Å²) in [5, 5.41) is 13.6. The number of halogens is 2. The Morgan fingerprint density at radius 2 is 1.68 bits per heavy atom. The molecule has 2 N–H and O–H groups in total. The second kappa shape index (κ2) is 9.64. The van der Waals surface area contributed by atoms with Crippen LogP contribution in [0.15, 0.2) is 42.5 Å². The van der Waals surface area contributed by atoms with Crippen LogP contribution in [0.25, 0.3) is 0 Å². The van der Waals surface area contributed by atoms with Crippen molar-refractivity contribution >= 4 is 23.6 Å². The van der Waals surface area contributed by atoms with Crippen molar-refractivity contribution < 1.29 is 37.8 Å². The Morgan fingerprint density at radius 3 is 2.32 bits per heavy atom. The highest BCUT2D eigenvalue weighted by atomic mass is 19.3. The number of aliphatic hydroxyl groups is 1. The lowest BCUT2D eigenvalue weighted by atomic mass is 9.83. The molecule has 2 aromatic rings. The maximum atomic E-state index is 13.1. The van der Waals surface area contributed by atoms with Crippen LogP contribution in [0.1, 0.15) is 57.5 Å². The van der Waals surface area contributed by atoms with Crippen LogP contribution in [-0.4, -0.2) is 64.3 Å². The Kier molecular flexibility index (Phi) is 6.50. The molecule has 0 saturated carbocycles. The summed E-state index contributed by atoms with van der Waals surface area (Å²) in [5.41, 5.74) is 0.534. The van der Waals surface area contributed by atoms with Gasteiger partial charge in [-0.25, -0.2) is 0 Å². The number of nitrogens with one attached hydrogen (secondary N) is 1. The van der Waals surface area contributed by atoms with Crippen LogP contribution < -0.4 is 10.1 Å². The van der Waals surface area contributed by atoms with E-state index in [9.17, 15) is 33.1 Å². The minimum absolute atomic E-state index is 0.0406. The summed E-state index contributed by atoms with van der Waals surface area (Å²) >= 11 is 0. The number of carbonyl (C=O) groups is 4. The molecule has 3 aliphatic rings. The highest BCUT2D eigenvalue weighted by Crippen LogP contribution is 2.37. The zero-order valence-electron chi connectivity index (χ0n) is 19.8. The van der Waals surface area contributed by atoms with Crippen molar-refractivity contribution in [1.82, 2.24) is 15.1 Å². The molecule has 3 aliphatic heterocycles. The Hall–Kier alpha value is -3.70. The normalized spacial score (nSPS) is 21.8. The molecular formula is C26H25F2N3O6. The molecule has 2 fully saturated rings.